The third-order valence-electron chi connectivity index (χ3n) is 3.95. The molecule has 1 fully saturated rings. The quantitative estimate of drug-likeness (QED) is 0.589. The molecule has 1 nitrogen and oxygen atoms in total. The Kier molecular flexibility index (Phi) is 4.24. The van der Waals surface area contributed by atoms with Gasteiger partial charge in [-0.3, -0.25) is 0 Å². The van der Waals surface area contributed by atoms with E-state index >= 15 is 0 Å². The third-order valence-corrected chi connectivity index (χ3v) is 3.95. The molecule has 1 aliphatic rings. The number of quaternary nitrogens is 1. The van der Waals surface area contributed by atoms with Crippen LogP contribution in [0.25, 0.3) is 0 Å². The average molecular weight is 184 g/mol. The zero-order valence-corrected chi connectivity index (χ0v) is 9.68. The molecule has 0 aromatic heterocycles. The summed E-state index contributed by atoms with van der Waals surface area (Å²) in [6, 6.07) is 0. The maximum atomic E-state index is 2.41. The summed E-state index contributed by atoms with van der Waals surface area (Å²) in [6.07, 6.45) is 7.44. The Morgan fingerprint density at radius 2 is 1.54 bits per heavy atom. The molecular formula is C12H26N+. The first-order valence-corrected chi connectivity index (χ1v) is 6.03. The van der Waals surface area contributed by atoms with Crippen LogP contribution >= 0.6 is 0 Å². The Morgan fingerprint density at radius 1 is 1.00 bits per heavy atom. The van der Waals surface area contributed by atoms with E-state index in [1.165, 1.54) is 56.2 Å². The topological polar surface area (TPSA) is 0 Å². The van der Waals surface area contributed by atoms with E-state index < -0.39 is 0 Å². The molecule has 0 aromatic carbocycles. The van der Waals surface area contributed by atoms with Crippen molar-refractivity contribution in [1.29, 1.82) is 0 Å². The average Bonchev–Trinajstić information content (AvgIpc) is 2.19. The second-order valence-corrected chi connectivity index (χ2v) is 4.94. The lowest BCUT2D eigenvalue weighted by atomic mass is 9.88. The van der Waals surface area contributed by atoms with Crippen molar-refractivity contribution in [3.63, 3.8) is 0 Å². The summed E-state index contributed by atoms with van der Waals surface area (Å²) in [5.74, 6) is 1.03. The summed E-state index contributed by atoms with van der Waals surface area (Å²) in [6.45, 7) is 8.67. The van der Waals surface area contributed by atoms with Crippen LogP contribution in [0.2, 0.25) is 0 Å². The largest absolute Gasteiger partial charge is 0.326 e. The predicted molar refractivity (Wildman–Crippen MR) is 58.7 cm³/mol. The van der Waals surface area contributed by atoms with Gasteiger partial charge >= 0.3 is 0 Å². The van der Waals surface area contributed by atoms with Gasteiger partial charge in [-0.1, -0.05) is 19.3 Å². The molecule has 1 rings (SSSR count). The third kappa shape index (κ3) is 3.30. The summed E-state index contributed by atoms with van der Waals surface area (Å²) < 4.78 is 1.28. The normalized spacial score (nSPS) is 20.5. The summed E-state index contributed by atoms with van der Waals surface area (Å²) >= 11 is 0. The molecule has 0 saturated heterocycles. The Hall–Kier alpha value is -0.0400. The SMILES string of the molecule is CC[N+](C)(CC)CC1CCCCC1. The Bertz CT molecular complexity index is 132. The number of rotatable bonds is 4. The fourth-order valence-corrected chi connectivity index (χ4v) is 2.47. The van der Waals surface area contributed by atoms with E-state index in [-0.39, 0.29) is 0 Å². The summed E-state index contributed by atoms with van der Waals surface area (Å²) in [5.41, 5.74) is 0. The molecule has 78 valence electrons. The molecule has 0 amide bonds. The molecule has 13 heavy (non-hydrogen) atoms. The van der Waals surface area contributed by atoms with E-state index in [1.54, 1.807) is 0 Å². The van der Waals surface area contributed by atoms with Gasteiger partial charge in [0.25, 0.3) is 0 Å². The Labute approximate surface area is 83.7 Å². The van der Waals surface area contributed by atoms with Gasteiger partial charge in [0.1, 0.15) is 0 Å². The fraction of sp³-hybridized carbons (Fsp3) is 1.00. The predicted octanol–water partition coefficient (Wildman–Crippen LogP) is 3.05. The highest BCUT2D eigenvalue weighted by Gasteiger charge is 2.24. The first-order valence-electron chi connectivity index (χ1n) is 6.03. The summed E-state index contributed by atoms with van der Waals surface area (Å²) in [5, 5.41) is 0. The summed E-state index contributed by atoms with van der Waals surface area (Å²) in [7, 11) is 2.41. The lowest BCUT2D eigenvalue weighted by Crippen LogP contribution is -2.47. The van der Waals surface area contributed by atoms with Crippen LogP contribution in [0.3, 0.4) is 0 Å². The second kappa shape index (κ2) is 4.99. The van der Waals surface area contributed by atoms with Gasteiger partial charge in [0.2, 0.25) is 0 Å². The minimum absolute atomic E-state index is 1.03. The Balaban J connectivity index is 2.35. The monoisotopic (exact) mass is 184 g/mol. The van der Waals surface area contributed by atoms with E-state index in [1.807, 2.05) is 0 Å². The van der Waals surface area contributed by atoms with Crippen LogP contribution in [0.15, 0.2) is 0 Å². The molecule has 0 atom stereocenters. The molecule has 0 aliphatic heterocycles. The number of hydrogen-bond acceptors (Lipinski definition) is 0. The van der Waals surface area contributed by atoms with Gasteiger partial charge in [0.05, 0.1) is 26.7 Å². The van der Waals surface area contributed by atoms with Crippen molar-refractivity contribution in [1.82, 2.24) is 0 Å². The molecule has 0 unspecified atom stereocenters. The zero-order chi connectivity index (χ0) is 9.73. The molecule has 0 radical (unpaired) electrons. The van der Waals surface area contributed by atoms with Crippen molar-refractivity contribution < 1.29 is 4.48 Å². The van der Waals surface area contributed by atoms with Crippen LogP contribution in [0.4, 0.5) is 0 Å². The maximum absolute atomic E-state index is 2.41. The maximum Gasteiger partial charge on any atom is 0.0812 e. The Morgan fingerprint density at radius 3 is 2.00 bits per heavy atom. The molecule has 1 heteroatoms. The van der Waals surface area contributed by atoms with Gasteiger partial charge in [0.15, 0.2) is 0 Å². The lowest BCUT2D eigenvalue weighted by molar-refractivity contribution is -0.909. The number of hydrogen-bond donors (Lipinski definition) is 0. The highest BCUT2D eigenvalue weighted by molar-refractivity contribution is 4.65. The van der Waals surface area contributed by atoms with E-state index in [9.17, 15) is 0 Å². The molecule has 0 N–H and O–H groups in total. The van der Waals surface area contributed by atoms with Gasteiger partial charge in [0, 0.05) is 5.92 Å². The fourth-order valence-electron chi connectivity index (χ4n) is 2.47. The van der Waals surface area contributed by atoms with Crippen LogP contribution in [0.5, 0.6) is 0 Å². The van der Waals surface area contributed by atoms with E-state index in [2.05, 4.69) is 20.9 Å². The van der Waals surface area contributed by atoms with Crippen molar-refractivity contribution in [2.45, 2.75) is 46.0 Å². The molecular weight excluding hydrogens is 158 g/mol. The van der Waals surface area contributed by atoms with E-state index in [0.717, 1.165) is 5.92 Å². The van der Waals surface area contributed by atoms with Crippen LogP contribution in [-0.2, 0) is 0 Å². The highest BCUT2D eigenvalue weighted by Crippen LogP contribution is 2.25. The van der Waals surface area contributed by atoms with Gasteiger partial charge in [-0.05, 0) is 26.7 Å². The van der Waals surface area contributed by atoms with Gasteiger partial charge in [-0.25, -0.2) is 0 Å². The van der Waals surface area contributed by atoms with Crippen LogP contribution in [0, 0.1) is 5.92 Å². The molecule has 0 spiro atoms. The minimum Gasteiger partial charge on any atom is -0.326 e. The van der Waals surface area contributed by atoms with E-state index in [4.69, 9.17) is 0 Å². The van der Waals surface area contributed by atoms with Crippen molar-refractivity contribution in [2.75, 3.05) is 26.7 Å². The van der Waals surface area contributed by atoms with Crippen molar-refractivity contribution in [3.05, 3.63) is 0 Å². The molecule has 1 aliphatic carbocycles. The highest BCUT2D eigenvalue weighted by atomic mass is 15.3. The van der Waals surface area contributed by atoms with Crippen LogP contribution < -0.4 is 0 Å². The van der Waals surface area contributed by atoms with Gasteiger partial charge in [-0.15, -0.1) is 0 Å². The standard InChI is InChI=1S/C12H26N/c1-4-13(3,5-2)11-12-9-7-6-8-10-12/h12H,4-11H2,1-3H3/q+1. The van der Waals surface area contributed by atoms with Crippen LogP contribution in [0.1, 0.15) is 46.0 Å². The van der Waals surface area contributed by atoms with E-state index in [0.29, 0.717) is 0 Å². The first-order chi connectivity index (χ1) is 6.20. The second-order valence-electron chi connectivity index (χ2n) is 4.94. The molecule has 0 bridgehead atoms. The van der Waals surface area contributed by atoms with Gasteiger partial charge < -0.3 is 4.48 Å². The summed E-state index contributed by atoms with van der Waals surface area (Å²) in [4.78, 5) is 0. The molecule has 1 saturated carbocycles. The zero-order valence-electron chi connectivity index (χ0n) is 9.68. The smallest absolute Gasteiger partial charge is 0.0812 e. The van der Waals surface area contributed by atoms with Crippen molar-refractivity contribution in [2.24, 2.45) is 5.92 Å². The van der Waals surface area contributed by atoms with Crippen molar-refractivity contribution in [3.8, 4) is 0 Å². The minimum atomic E-state index is 1.03. The molecule has 0 aromatic rings. The lowest BCUT2D eigenvalue weighted by Gasteiger charge is -2.36. The number of nitrogens with zero attached hydrogens (tertiary/aromatic N) is 1. The first kappa shape index (κ1) is 11.0. The van der Waals surface area contributed by atoms with Crippen LogP contribution in [-0.4, -0.2) is 31.2 Å². The van der Waals surface area contributed by atoms with Gasteiger partial charge in [-0.2, -0.15) is 0 Å². The van der Waals surface area contributed by atoms with Crippen molar-refractivity contribution >= 4 is 0 Å². The molecule has 0 heterocycles.